The molecule has 174 valence electrons. The van der Waals surface area contributed by atoms with Crippen molar-refractivity contribution in [3.8, 4) is 0 Å². The number of alkyl halides is 3. The molecule has 0 spiro atoms. The lowest BCUT2D eigenvalue weighted by atomic mass is 10.1. The maximum atomic E-state index is 14.4. The topological polar surface area (TPSA) is 51.1 Å². The van der Waals surface area contributed by atoms with Crippen LogP contribution in [0.5, 0.6) is 0 Å². The van der Waals surface area contributed by atoms with Crippen molar-refractivity contribution in [2.75, 3.05) is 5.32 Å². The van der Waals surface area contributed by atoms with Crippen LogP contribution in [0.4, 0.5) is 18.9 Å². The Morgan fingerprint density at radius 3 is 2.18 bits per heavy atom. The normalized spacial score (nSPS) is 11.6. The molecular formula is C24H14Cl3F3N2O2. The van der Waals surface area contributed by atoms with Crippen LogP contribution in [0.2, 0.25) is 15.1 Å². The lowest BCUT2D eigenvalue weighted by Gasteiger charge is -2.15. The number of para-hydroxylation sites is 1. The van der Waals surface area contributed by atoms with Gasteiger partial charge in [0.15, 0.2) is 0 Å². The van der Waals surface area contributed by atoms with Crippen LogP contribution < -0.4 is 5.32 Å². The molecule has 0 saturated heterocycles. The van der Waals surface area contributed by atoms with E-state index >= 15 is 0 Å². The van der Waals surface area contributed by atoms with Gasteiger partial charge in [-0.05, 0) is 48.0 Å². The molecule has 0 radical (unpaired) electrons. The van der Waals surface area contributed by atoms with Crippen molar-refractivity contribution >= 4 is 63.1 Å². The number of Topliss-reactive ketones (excluding diaryl/α,β-unsaturated/α-hetero) is 1. The fourth-order valence-corrected chi connectivity index (χ4v) is 4.30. The van der Waals surface area contributed by atoms with E-state index in [9.17, 15) is 22.8 Å². The molecule has 4 nitrogen and oxygen atoms in total. The third-order valence-electron chi connectivity index (χ3n) is 5.10. The number of carbonyl (C=O) groups excluding carboxylic acids is 2. The highest BCUT2D eigenvalue weighted by atomic mass is 35.5. The monoisotopic (exact) mass is 524 g/mol. The molecule has 0 unspecified atom stereocenters. The summed E-state index contributed by atoms with van der Waals surface area (Å²) in [5, 5.41) is 2.83. The molecule has 1 aromatic heterocycles. The smallest absolute Gasteiger partial charge is 0.332 e. The van der Waals surface area contributed by atoms with E-state index in [2.05, 4.69) is 5.32 Å². The number of amides is 1. The van der Waals surface area contributed by atoms with Crippen molar-refractivity contribution in [1.29, 1.82) is 0 Å². The molecule has 0 saturated carbocycles. The first kappa shape index (κ1) is 24.1. The van der Waals surface area contributed by atoms with Gasteiger partial charge in [0.05, 0.1) is 5.56 Å². The number of nitrogens with one attached hydrogen (secondary N) is 1. The SMILES string of the molecule is O=C(Nc1ccccc1)C(=O)c1c(C(F)(F)F)n(Cc2ccc(Cl)cc2Cl)c2ccc(Cl)cc12. The minimum absolute atomic E-state index is 0.0682. The molecule has 0 aliphatic rings. The summed E-state index contributed by atoms with van der Waals surface area (Å²) < 4.78 is 44.0. The van der Waals surface area contributed by atoms with Gasteiger partial charge in [-0.2, -0.15) is 13.2 Å². The van der Waals surface area contributed by atoms with Crippen molar-refractivity contribution in [3.05, 3.63) is 98.6 Å². The minimum Gasteiger partial charge on any atom is -0.332 e. The Bertz CT molecular complexity index is 1420. The van der Waals surface area contributed by atoms with Gasteiger partial charge in [-0.25, -0.2) is 0 Å². The van der Waals surface area contributed by atoms with Gasteiger partial charge in [0.25, 0.3) is 11.7 Å². The molecule has 4 rings (SSSR count). The highest BCUT2D eigenvalue weighted by Crippen LogP contribution is 2.40. The maximum absolute atomic E-state index is 14.4. The zero-order valence-corrected chi connectivity index (χ0v) is 19.4. The number of hydrogen-bond acceptors (Lipinski definition) is 2. The molecule has 0 bridgehead atoms. The second-order valence-corrected chi connectivity index (χ2v) is 8.63. The molecule has 0 fully saturated rings. The Morgan fingerprint density at radius 2 is 1.53 bits per heavy atom. The zero-order valence-electron chi connectivity index (χ0n) is 17.1. The van der Waals surface area contributed by atoms with Crippen LogP contribution in [-0.2, 0) is 17.5 Å². The second kappa shape index (κ2) is 9.33. The van der Waals surface area contributed by atoms with Gasteiger partial charge >= 0.3 is 6.18 Å². The predicted octanol–water partition coefficient (Wildman–Crippen LogP) is 7.49. The summed E-state index contributed by atoms with van der Waals surface area (Å²) in [6.07, 6.45) is -4.97. The average molecular weight is 526 g/mol. The molecule has 1 amide bonds. The number of nitrogens with zero attached hydrogens (tertiary/aromatic N) is 1. The summed E-state index contributed by atoms with van der Waals surface area (Å²) in [5.41, 5.74) is -1.38. The number of carbonyl (C=O) groups is 2. The molecule has 0 atom stereocenters. The minimum atomic E-state index is -4.97. The van der Waals surface area contributed by atoms with Crippen LogP contribution in [0.25, 0.3) is 10.9 Å². The van der Waals surface area contributed by atoms with Crippen molar-refractivity contribution in [2.24, 2.45) is 0 Å². The van der Waals surface area contributed by atoms with Crippen LogP contribution in [-0.4, -0.2) is 16.3 Å². The van der Waals surface area contributed by atoms with Crippen LogP contribution in [0.3, 0.4) is 0 Å². The lowest BCUT2D eigenvalue weighted by Crippen LogP contribution is -2.26. The van der Waals surface area contributed by atoms with Crippen molar-refractivity contribution in [2.45, 2.75) is 12.7 Å². The van der Waals surface area contributed by atoms with E-state index in [4.69, 9.17) is 34.8 Å². The van der Waals surface area contributed by atoms with Crippen molar-refractivity contribution in [1.82, 2.24) is 4.57 Å². The molecule has 4 aromatic rings. The van der Waals surface area contributed by atoms with Gasteiger partial charge in [-0.15, -0.1) is 0 Å². The first-order valence-corrected chi connectivity index (χ1v) is 10.9. The van der Waals surface area contributed by atoms with E-state index in [0.717, 1.165) is 4.57 Å². The maximum Gasteiger partial charge on any atom is 0.432 e. The van der Waals surface area contributed by atoms with E-state index < -0.39 is 29.1 Å². The highest BCUT2D eigenvalue weighted by molar-refractivity contribution is 6.49. The van der Waals surface area contributed by atoms with Crippen LogP contribution >= 0.6 is 34.8 Å². The summed E-state index contributed by atoms with van der Waals surface area (Å²) in [6, 6.07) is 16.3. The number of halogens is 6. The van der Waals surface area contributed by atoms with Crippen LogP contribution in [0.15, 0.2) is 66.7 Å². The zero-order chi connectivity index (χ0) is 24.6. The van der Waals surface area contributed by atoms with Crippen molar-refractivity contribution < 1.29 is 22.8 Å². The Morgan fingerprint density at radius 1 is 0.882 bits per heavy atom. The summed E-state index contributed by atoms with van der Waals surface area (Å²) >= 11 is 18.2. The molecule has 34 heavy (non-hydrogen) atoms. The van der Waals surface area contributed by atoms with Gasteiger partial charge in [0.1, 0.15) is 5.69 Å². The summed E-state index contributed by atoms with van der Waals surface area (Å²) in [5.74, 6) is -2.55. The Kier molecular flexibility index (Phi) is 6.62. The molecular weight excluding hydrogens is 512 g/mol. The number of rotatable bonds is 5. The van der Waals surface area contributed by atoms with E-state index in [-0.39, 0.29) is 33.2 Å². The number of anilines is 1. The van der Waals surface area contributed by atoms with Gasteiger partial charge in [-0.3, -0.25) is 9.59 Å². The molecule has 0 aliphatic carbocycles. The first-order valence-electron chi connectivity index (χ1n) is 9.80. The summed E-state index contributed by atoms with van der Waals surface area (Å²) in [7, 11) is 0. The van der Waals surface area contributed by atoms with E-state index in [1.54, 1.807) is 18.2 Å². The van der Waals surface area contributed by atoms with Crippen LogP contribution in [0, 0.1) is 0 Å². The summed E-state index contributed by atoms with van der Waals surface area (Å²) in [6.45, 7) is -0.323. The Balaban J connectivity index is 1.91. The standard InChI is InChI=1S/C24H14Cl3F3N2O2/c25-14-8-9-19-17(10-14)20(21(33)23(34)31-16-4-2-1-3-5-16)22(24(28,29)30)32(19)12-13-6-7-15(26)11-18(13)27/h1-11H,12H2,(H,31,34). The Hall–Kier alpha value is -3.00. The third kappa shape index (κ3) is 4.78. The first-order chi connectivity index (χ1) is 16.1. The molecule has 1 heterocycles. The second-order valence-electron chi connectivity index (χ2n) is 7.35. The fourth-order valence-electron chi connectivity index (χ4n) is 3.66. The fraction of sp³-hybridized carbons (Fsp3) is 0.0833. The molecule has 1 N–H and O–H groups in total. The van der Waals surface area contributed by atoms with Crippen LogP contribution in [0.1, 0.15) is 21.6 Å². The third-order valence-corrected chi connectivity index (χ3v) is 5.92. The molecule has 10 heteroatoms. The molecule has 3 aromatic carbocycles. The average Bonchev–Trinajstić information content (AvgIpc) is 3.09. The van der Waals surface area contributed by atoms with E-state index in [0.29, 0.717) is 10.6 Å². The largest absolute Gasteiger partial charge is 0.432 e. The molecule has 0 aliphatic heterocycles. The van der Waals surface area contributed by atoms with Crippen molar-refractivity contribution in [3.63, 3.8) is 0 Å². The predicted molar refractivity (Wildman–Crippen MR) is 127 cm³/mol. The number of benzene rings is 3. The number of fused-ring (bicyclic) bond motifs is 1. The van der Waals surface area contributed by atoms with Gasteiger partial charge in [0.2, 0.25) is 0 Å². The quantitative estimate of drug-likeness (QED) is 0.217. The van der Waals surface area contributed by atoms with Gasteiger partial charge < -0.3 is 9.88 Å². The number of aromatic nitrogens is 1. The summed E-state index contributed by atoms with van der Waals surface area (Å²) in [4.78, 5) is 25.8. The highest BCUT2D eigenvalue weighted by Gasteiger charge is 2.42. The van der Waals surface area contributed by atoms with E-state index in [1.165, 1.54) is 48.5 Å². The van der Waals surface area contributed by atoms with E-state index in [1.807, 2.05) is 0 Å². The van der Waals surface area contributed by atoms with Gasteiger partial charge in [0, 0.05) is 38.2 Å². The number of ketones is 1. The van der Waals surface area contributed by atoms with Gasteiger partial charge in [-0.1, -0.05) is 59.1 Å². The lowest BCUT2D eigenvalue weighted by molar-refractivity contribution is -0.143. The number of hydrogen-bond donors (Lipinski definition) is 1. The Labute approximate surface area is 206 Å².